The normalized spacial score (nSPS) is 15.8. The van der Waals surface area contributed by atoms with E-state index in [2.05, 4.69) is 86.3 Å². The molecule has 6 nitrogen and oxygen atoms in total. The molecule has 3 aromatic heterocycles. The van der Waals surface area contributed by atoms with Crippen LogP contribution >= 0.6 is 0 Å². The van der Waals surface area contributed by atoms with Crippen LogP contribution in [0.25, 0.3) is 45.6 Å². The Hall–Kier alpha value is -4.68. The monoisotopic (exact) mass is 506 g/mol. The van der Waals surface area contributed by atoms with Gasteiger partial charge in [-0.15, -0.1) is 0 Å². The average molecular weight is 507 g/mol. The van der Waals surface area contributed by atoms with Crippen LogP contribution in [0.2, 0.25) is 0 Å². The first-order valence-corrected chi connectivity index (χ1v) is 13.4. The van der Waals surface area contributed by atoms with Crippen LogP contribution in [-0.2, 0) is 19.4 Å². The molecule has 0 fully saturated rings. The molecule has 6 heteroatoms. The Balaban J connectivity index is 1.20. The average Bonchev–Trinajstić information content (AvgIpc) is 3.38. The summed E-state index contributed by atoms with van der Waals surface area (Å²) in [5.41, 5.74) is 13.9. The molecule has 8 rings (SSSR count). The zero-order valence-corrected chi connectivity index (χ0v) is 21.4. The molecule has 0 radical (unpaired) electrons. The van der Waals surface area contributed by atoms with Crippen LogP contribution in [-0.4, -0.2) is 30.5 Å². The lowest BCUT2D eigenvalue weighted by Gasteiger charge is -2.19. The lowest BCUT2D eigenvalue weighted by atomic mass is 9.87. The first-order chi connectivity index (χ1) is 19.2. The highest BCUT2D eigenvalue weighted by Crippen LogP contribution is 2.22. The second kappa shape index (κ2) is 8.68. The zero-order chi connectivity index (χ0) is 25.9. The summed E-state index contributed by atoms with van der Waals surface area (Å²) in [6.07, 6.45) is 13.1. The van der Waals surface area contributed by atoms with Gasteiger partial charge in [0.15, 0.2) is 11.5 Å². The van der Waals surface area contributed by atoms with E-state index in [4.69, 9.17) is 10.7 Å². The third kappa shape index (κ3) is 3.75. The SMILES string of the molecule is NC1C=c2ccc3c(c2CC1)CC=c1cc(-c2ncc4ncn(Cc5ccc6ncccc6c5)c4n2)ccc1=3. The molecule has 0 aliphatic heterocycles. The fraction of sp³-hybridized carbons (Fsp3) is 0.152. The van der Waals surface area contributed by atoms with E-state index in [9.17, 15) is 0 Å². The third-order valence-electron chi connectivity index (χ3n) is 8.09. The molecule has 2 aliphatic carbocycles. The van der Waals surface area contributed by atoms with Gasteiger partial charge in [-0.3, -0.25) is 4.98 Å². The third-order valence-corrected chi connectivity index (χ3v) is 8.09. The van der Waals surface area contributed by atoms with E-state index in [0.29, 0.717) is 12.4 Å². The van der Waals surface area contributed by atoms with E-state index in [1.807, 2.05) is 24.8 Å². The zero-order valence-electron chi connectivity index (χ0n) is 21.4. The molecule has 2 N–H and O–H groups in total. The summed E-state index contributed by atoms with van der Waals surface area (Å²) in [5, 5.41) is 6.28. The molecule has 0 spiro atoms. The van der Waals surface area contributed by atoms with Crippen LogP contribution in [0.4, 0.5) is 0 Å². The van der Waals surface area contributed by atoms with Gasteiger partial charge in [-0.1, -0.05) is 48.6 Å². The summed E-state index contributed by atoms with van der Waals surface area (Å²) >= 11 is 0. The Morgan fingerprint density at radius 1 is 0.872 bits per heavy atom. The van der Waals surface area contributed by atoms with Crippen LogP contribution < -0.4 is 16.2 Å². The topological polar surface area (TPSA) is 82.5 Å². The predicted octanol–water partition coefficient (Wildman–Crippen LogP) is 3.77. The van der Waals surface area contributed by atoms with Crippen molar-refractivity contribution >= 4 is 34.2 Å². The predicted molar refractivity (Wildman–Crippen MR) is 154 cm³/mol. The number of hydrogen-bond donors (Lipinski definition) is 1. The molecule has 39 heavy (non-hydrogen) atoms. The van der Waals surface area contributed by atoms with Crippen molar-refractivity contribution in [2.24, 2.45) is 5.73 Å². The summed E-state index contributed by atoms with van der Waals surface area (Å²) in [7, 11) is 0. The highest BCUT2D eigenvalue weighted by molar-refractivity contribution is 5.79. The lowest BCUT2D eigenvalue weighted by molar-refractivity contribution is 0.721. The van der Waals surface area contributed by atoms with E-state index < -0.39 is 0 Å². The Bertz CT molecular complexity index is 2160. The van der Waals surface area contributed by atoms with Gasteiger partial charge in [0, 0.05) is 23.2 Å². The van der Waals surface area contributed by atoms with Crippen molar-refractivity contribution in [1.29, 1.82) is 0 Å². The number of aromatic nitrogens is 5. The molecule has 6 aromatic rings. The van der Waals surface area contributed by atoms with Crippen molar-refractivity contribution < 1.29 is 0 Å². The van der Waals surface area contributed by atoms with Crippen molar-refractivity contribution in [3.8, 4) is 11.4 Å². The number of pyridine rings is 1. The van der Waals surface area contributed by atoms with E-state index in [0.717, 1.165) is 46.9 Å². The number of nitrogens with zero attached hydrogens (tertiary/aromatic N) is 5. The first-order valence-electron chi connectivity index (χ1n) is 13.4. The summed E-state index contributed by atoms with van der Waals surface area (Å²) in [6, 6.07) is 21.7. The summed E-state index contributed by atoms with van der Waals surface area (Å²) in [5.74, 6) is 0.711. The molecule has 3 heterocycles. The summed E-state index contributed by atoms with van der Waals surface area (Å²) < 4.78 is 2.09. The number of benzene rings is 3. The Morgan fingerprint density at radius 2 is 1.82 bits per heavy atom. The highest BCUT2D eigenvalue weighted by atomic mass is 15.1. The second-order valence-corrected chi connectivity index (χ2v) is 10.5. The molecule has 2 aliphatic rings. The maximum Gasteiger partial charge on any atom is 0.164 e. The van der Waals surface area contributed by atoms with Gasteiger partial charge >= 0.3 is 0 Å². The van der Waals surface area contributed by atoms with Crippen LogP contribution in [0, 0.1) is 10.4 Å². The minimum Gasteiger partial charge on any atom is -0.324 e. The minimum absolute atomic E-state index is 0.163. The maximum atomic E-state index is 6.19. The fourth-order valence-corrected chi connectivity index (χ4v) is 6.13. The number of imidazole rings is 1. The maximum absolute atomic E-state index is 6.19. The van der Waals surface area contributed by atoms with Crippen molar-refractivity contribution in [2.75, 3.05) is 0 Å². The van der Waals surface area contributed by atoms with Crippen LogP contribution in [0.3, 0.4) is 0 Å². The van der Waals surface area contributed by atoms with Gasteiger partial charge in [-0.25, -0.2) is 15.0 Å². The summed E-state index contributed by atoms with van der Waals surface area (Å²) in [4.78, 5) is 18.6. The molecule has 0 saturated heterocycles. The standard InChI is InChI=1S/C33H26N6/c34-25-7-11-27-22(16-25)5-10-28-26-8-6-24(15-21(26)4-9-29(27)28)32-36-17-31-33(38-32)39(19-37-31)18-20-3-12-30-23(14-20)2-1-13-35-30/h1-6,8,10,12-17,19,25H,7,9,11,18,34H2. The Morgan fingerprint density at radius 3 is 2.79 bits per heavy atom. The number of rotatable bonds is 3. The van der Waals surface area contributed by atoms with Gasteiger partial charge in [0.05, 0.1) is 24.6 Å². The van der Waals surface area contributed by atoms with Gasteiger partial charge in [0.2, 0.25) is 0 Å². The molecule has 3 aromatic carbocycles. The Kier molecular flexibility index (Phi) is 4.97. The minimum atomic E-state index is 0.163. The first kappa shape index (κ1) is 22.3. The second-order valence-electron chi connectivity index (χ2n) is 10.5. The van der Waals surface area contributed by atoms with Gasteiger partial charge in [0.25, 0.3) is 0 Å². The Labute approximate surface area is 224 Å². The van der Waals surface area contributed by atoms with E-state index in [1.165, 1.54) is 37.6 Å². The summed E-state index contributed by atoms with van der Waals surface area (Å²) in [6.45, 7) is 0.680. The molecule has 1 unspecified atom stereocenters. The van der Waals surface area contributed by atoms with Crippen molar-refractivity contribution in [3.05, 3.63) is 117 Å². The van der Waals surface area contributed by atoms with E-state index >= 15 is 0 Å². The van der Waals surface area contributed by atoms with Gasteiger partial charge < -0.3 is 10.3 Å². The number of hydrogen-bond acceptors (Lipinski definition) is 5. The van der Waals surface area contributed by atoms with E-state index in [1.54, 1.807) is 0 Å². The molecule has 0 amide bonds. The van der Waals surface area contributed by atoms with Crippen LogP contribution in [0.1, 0.15) is 23.1 Å². The smallest absolute Gasteiger partial charge is 0.164 e. The van der Waals surface area contributed by atoms with E-state index in [-0.39, 0.29) is 6.04 Å². The largest absolute Gasteiger partial charge is 0.324 e. The van der Waals surface area contributed by atoms with Gasteiger partial charge in [-0.05, 0) is 81.1 Å². The molecule has 0 bridgehead atoms. The molecule has 188 valence electrons. The molecule has 1 atom stereocenters. The number of nitrogens with two attached hydrogens (primary N) is 1. The highest BCUT2D eigenvalue weighted by Gasteiger charge is 2.15. The van der Waals surface area contributed by atoms with Crippen molar-refractivity contribution in [2.45, 2.75) is 31.8 Å². The quantitative estimate of drug-likeness (QED) is 0.395. The molecular formula is C33H26N6. The fourth-order valence-electron chi connectivity index (χ4n) is 6.13. The van der Waals surface area contributed by atoms with Gasteiger partial charge in [-0.2, -0.15) is 0 Å². The van der Waals surface area contributed by atoms with Crippen LogP contribution in [0.15, 0.2) is 79.4 Å². The lowest BCUT2D eigenvalue weighted by Crippen LogP contribution is -2.29. The van der Waals surface area contributed by atoms with Crippen molar-refractivity contribution in [1.82, 2.24) is 24.5 Å². The number of fused-ring (bicyclic) bond motifs is 6. The van der Waals surface area contributed by atoms with Crippen molar-refractivity contribution in [3.63, 3.8) is 0 Å². The van der Waals surface area contributed by atoms with Gasteiger partial charge in [0.1, 0.15) is 5.52 Å². The molecule has 0 saturated carbocycles. The van der Waals surface area contributed by atoms with Crippen LogP contribution in [0.5, 0.6) is 0 Å². The molecular weight excluding hydrogens is 480 g/mol.